The first kappa shape index (κ1) is 16.7. The molecule has 0 aliphatic heterocycles. The highest BCUT2D eigenvalue weighted by molar-refractivity contribution is 5.65. The number of carbonyl (C=O) groups is 1. The van der Waals surface area contributed by atoms with Gasteiger partial charge in [0.25, 0.3) is 0 Å². The molecule has 1 saturated carbocycles. The minimum Gasteiger partial charge on any atom is -0.427 e. The van der Waals surface area contributed by atoms with Crippen molar-refractivity contribution in [3.8, 4) is 5.75 Å². The summed E-state index contributed by atoms with van der Waals surface area (Å²) in [5.74, 6) is -12.7. The molecule has 130 valence electrons. The summed E-state index contributed by atoms with van der Waals surface area (Å²) in [6.07, 6.45) is 5.93. The normalized spacial score (nSPS) is 25.5. The van der Waals surface area contributed by atoms with Gasteiger partial charge in [-0.15, -0.1) is 0 Å². The van der Waals surface area contributed by atoms with Crippen molar-refractivity contribution >= 4 is 6.16 Å². The number of hydrogen-bond acceptors (Lipinski definition) is 3. The van der Waals surface area contributed by atoms with E-state index in [0.717, 1.165) is 19.3 Å². The van der Waals surface area contributed by atoms with E-state index in [-0.39, 0.29) is 5.92 Å². The van der Waals surface area contributed by atoms with Crippen molar-refractivity contribution in [2.24, 2.45) is 5.92 Å². The van der Waals surface area contributed by atoms with Crippen LogP contribution in [0.25, 0.3) is 0 Å². The molecule has 0 bridgehead atoms. The fraction of sp³-hybridized carbons (Fsp3) is 0.438. The number of halogens is 5. The van der Waals surface area contributed by atoms with E-state index in [1.807, 2.05) is 12.2 Å². The predicted octanol–water partition coefficient (Wildman–Crippen LogP) is 4.79. The maximum Gasteiger partial charge on any atom is 0.514 e. The molecule has 0 saturated heterocycles. The fourth-order valence-corrected chi connectivity index (χ4v) is 2.97. The summed E-state index contributed by atoms with van der Waals surface area (Å²) in [4.78, 5) is 11.8. The zero-order valence-electron chi connectivity index (χ0n) is 12.4. The van der Waals surface area contributed by atoms with E-state index < -0.39 is 46.6 Å². The van der Waals surface area contributed by atoms with E-state index >= 15 is 0 Å². The first-order valence-electron chi connectivity index (χ1n) is 7.43. The summed E-state index contributed by atoms with van der Waals surface area (Å²) in [5, 5.41) is 0. The number of fused-ring (bicyclic) bond motifs is 1. The molecular weight excluding hydrogens is 335 g/mol. The SMILES string of the molecule is O=C(Oc1c(F)c(F)c(F)c(F)c1F)OC12CC=CCCCC1C2. The van der Waals surface area contributed by atoms with Gasteiger partial charge in [-0.2, -0.15) is 8.78 Å². The summed E-state index contributed by atoms with van der Waals surface area (Å²) in [7, 11) is 0. The maximum absolute atomic E-state index is 13.5. The topological polar surface area (TPSA) is 35.5 Å². The lowest BCUT2D eigenvalue weighted by molar-refractivity contribution is 0.0347. The highest BCUT2D eigenvalue weighted by Gasteiger charge is 2.57. The second-order valence-electron chi connectivity index (χ2n) is 5.93. The van der Waals surface area contributed by atoms with Gasteiger partial charge in [-0.1, -0.05) is 12.2 Å². The van der Waals surface area contributed by atoms with Crippen molar-refractivity contribution in [3.63, 3.8) is 0 Å². The Labute approximate surface area is 134 Å². The van der Waals surface area contributed by atoms with Crippen LogP contribution in [0.3, 0.4) is 0 Å². The van der Waals surface area contributed by atoms with Gasteiger partial charge >= 0.3 is 6.16 Å². The Morgan fingerprint density at radius 1 is 1.00 bits per heavy atom. The molecule has 3 nitrogen and oxygen atoms in total. The van der Waals surface area contributed by atoms with Crippen molar-refractivity contribution in [2.45, 2.75) is 37.7 Å². The van der Waals surface area contributed by atoms with E-state index in [4.69, 9.17) is 4.74 Å². The van der Waals surface area contributed by atoms with E-state index in [2.05, 4.69) is 4.74 Å². The van der Waals surface area contributed by atoms with Crippen LogP contribution >= 0.6 is 0 Å². The Hall–Kier alpha value is -2.12. The van der Waals surface area contributed by atoms with Crippen LogP contribution < -0.4 is 4.74 Å². The van der Waals surface area contributed by atoms with Crippen molar-refractivity contribution in [1.82, 2.24) is 0 Å². The lowest BCUT2D eigenvalue weighted by Gasteiger charge is -2.18. The number of rotatable bonds is 2. The number of benzene rings is 1. The van der Waals surface area contributed by atoms with Crippen LogP contribution in [0, 0.1) is 35.0 Å². The highest BCUT2D eigenvalue weighted by Crippen LogP contribution is 2.53. The van der Waals surface area contributed by atoms with Crippen LogP contribution in [0.2, 0.25) is 0 Å². The monoisotopic (exact) mass is 348 g/mol. The molecule has 24 heavy (non-hydrogen) atoms. The lowest BCUT2D eigenvalue weighted by atomic mass is 10.0. The minimum atomic E-state index is -2.32. The number of carbonyl (C=O) groups excluding carboxylic acids is 1. The lowest BCUT2D eigenvalue weighted by Crippen LogP contribution is -2.25. The first-order valence-corrected chi connectivity index (χ1v) is 7.43. The molecule has 0 aromatic heterocycles. The maximum atomic E-state index is 13.5. The third kappa shape index (κ3) is 2.85. The Kier molecular flexibility index (Phi) is 4.23. The van der Waals surface area contributed by atoms with Gasteiger partial charge in [-0.05, 0) is 25.7 Å². The molecule has 0 heterocycles. The molecule has 0 N–H and O–H groups in total. The molecule has 3 rings (SSSR count). The van der Waals surface area contributed by atoms with E-state index in [1.54, 1.807) is 0 Å². The van der Waals surface area contributed by atoms with Crippen molar-refractivity contribution in [2.75, 3.05) is 0 Å². The zero-order chi connectivity index (χ0) is 17.5. The number of allylic oxidation sites excluding steroid dienone is 1. The summed E-state index contributed by atoms with van der Waals surface area (Å²) in [5.41, 5.74) is -0.821. The molecule has 0 spiro atoms. The molecule has 0 radical (unpaired) electrons. The average molecular weight is 348 g/mol. The van der Waals surface area contributed by atoms with Crippen molar-refractivity contribution < 1.29 is 36.2 Å². The van der Waals surface area contributed by atoms with Crippen molar-refractivity contribution in [1.29, 1.82) is 0 Å². The van der Waals surface area contributed by atoms with Gasteiger partial charge in [0, 0.05) is 12.3 Å². The second kappa shape index (κ2) is 6.07. The van der Waals surface area contributed by atoms with Gasteiger partial charge in [0.1, 0.15) is 5.60 Å². The summed E-state index contributed by atoms with van der Waals surface area (Å²) in [6.45, 7) is 0. The zero-order valence-corrected chi connectivity index (χ0v) is 12.4. The van der Waals surface area contributed by atoms with Gasteiger partial charge in [0.2, 0.25) is 34.8 Å². The van der Waals surface area contributed by atoms with Crippen LogP contribution in [0.5, 0.6) is 5.75 Å². The predicted molar refractivity (Wildman–Crippen MR) is 71.8 cm³/mol. The molecule has 2 aliphatic carbocycles. The van der Waals surface area contributed by atoms with Crippen LogP contribution in [-0.4, -0.2) is 11.8 Å². The molecular formula is C16H13F5O3. The Balaban J connectivity index is 1.77. The van der Waals surface area contributed by atoms with Gasteiger partial charge in [-0.3, -0.25) is 0 Å². The van der Waals surface area contributed by atoms with Gasteiger partial charge in [-0.25, -0.2) is 18.0 Å². The molecule has 1 fully saturated rings. The molecule has 8 heteroatoms. The third-order valence-electron chi connectivity index (χ3n) is 4.37. The molecule has 2 atom stereocenters. The highest BCUT2D eigenvalue weighted by atomic mass is 19.2. The smallest absolute Gasteiger partial charge is 0.427 e. The van der Waals surface area contributed by atoms with Crippen LogP contribution in [0.4, 0.5) is 26.7 Å². The summed E-state index contributed by atoms with van der Waals surface area (Å²) >= 11 is 0. The van der Waals surface area contributed by atoms with Crippen LogP contribution in [0.1, 0.15) is 32.1 Å². The quantitative estimate of drug-likeness (QED) is 0.193. The average Bonchev–Trinajstić information content (AvgIpc) is 3.19. The summed E-state index contributed by atoms with van der Waals surface area (Å²) in [6, 6.07) is 0. The molecule has 2 unspecified atom stereocenters. The van der Waals surface area contributed by atoms with Crippen LogP contribution in [0.15, 0.2) is 12.2 Å². The van der Waals surface area contributed by atoms with E-state index in [0.29, 0.717) is 12.8 Å². The van der Waals surface area contributed by atoms with Gasteiger partial charge in [0.15, 0.2) is 0 Å². The Bertz CT molecular complexity index is 689. The van der Waals surface area contributed by atoms with Gasteiger partial charge < -0.3 is 9.47 Å². The Morgan fingerprint density at radius 3 is 2.29 bits per heavy atom. The standard InChI is InChI=1S/C16H13F5O3/c17-9-10(18)12(20)14(13(21)11(9)19)23-15(22)24-16-6-4-2-1-3-5-8(16)7-16/h2,4,8H,1,3,5-7H2. The van der Waals surface area contributed by atoms with Gasteiger partial charge in [0.05, 0.1) is 0 Å². The van der Waals surface area contributed by atoms with Crippen LogP contribution in [-0.2, 0) is 4.74 Å². The number of hydrogen-bond donors (Lipinski definition) is 0. The molecule has 2 aliphatic rings. The second-order valence-corrected chi connectivity index (χ2v) is 5.93. The Morgan fingerprint density at radius 2 is 1.62 bits per heavy atom. The third-order valence-corrected chi connectivity index (χ3v) is 4.37. The molecule has 1 aromatic rings. The van der Waals surface area contributed by atoms with E-state index in [9.17, 15) is 26.7 Å². The minimum absolute atomic E-state index is 0.103. The summed E-state index contributed by atoms with van der Waals surface area (Å²) < 4.78 is 75.5. The number of ether oxygens (including phenoxy) is 2. The van der Waals surface area contributed by atoms with Crippen molar-refractivity contribution in [3.05, 3.63) is 41.2 Å². The van der Waals surface area contributed by atoms with E-state index in [1.165, 1.54) is 0 Å². The molecule has 0 amide bonds. The first-order chi connectivity index (χ1) is 11.4. The fourth-order valence-electron chi connectivity index (χ4n) is 2.97. The largest absolute Gasteiger partial charge is 0.514 e. The molecule has 1 aromatic carbocycles.